The molecule has 2 aromatic carbocycles. The van der Waals surface area contributed by atoms with Crippen molar-refractivity contribution in [2.24, 2.45) is 0 Å². The Hall–Kier alpha value is -3.32. The number of carbonyl (C=O) groups is 2. The summed E-state index contributed by atoms with van der Waals surface area (Å²) in [7, 11) is 0. The fourth-order valence-electron chi connectivity index (χ4n) is 4.30. The Morgan fingerprint density at radius 3 is 1.89 bits per heavy atom. The van der Waals surface area contributed by atoms with Gasteiger partial charge in [0.1, 0.15) is 17.3 Å². The number of Topliss-reactive ketones (excluding diaryl/α,β-unsaturated/α-hetero) is 1. The number of nitrogens with zero attached hydrogens (tertiary/aromatic N) is 2. The van der Waals surface area contributed by atoms with Gasteiger partial charge in [0.05, 0.1) is 24.8 Å². The zero-order chi connectivity index (χ0) is 26.1. The van der Waals surface area contributed by atoms with E-state index in [1.807, 2.05) is 38.1 Å². The van der Waals surface area contributed by atoms with E-state index < -0.39 is 17.7 Å². The van der Waals surface area contributed by atoms with Crippen molar-refractivity contribution in [3.05, 3.63) is 65.2 Å². The number of benzene rings is 2. The molecule has 194 valence electrons. The Labute approximate surface area is 214 Å². The molecule has 0 bridgehead atoms. The van der Waals surface area contributed by atoms with Crippen LogP contribution in [0.2, 0.25) is 0 Å². The number of rotatable bonds is 13. The molecule has 0 unspecified atom stereocenters. The van der Waals surface area contributed by atoms with Gasteiger partial charge in [0.25, 0.3) is 11.7 Å². The molecule has 1 atom stereocenters. The maximum absolute atomic E-state index is 13.2. The fraction of sp³-hybridized carbons (Fsp3) is 0.448. The van der Waals surface area contributed by atoms with Gasteiger partial charge in [0, 0.05) is 18.7 Å². The number of aliphatic hydroxyl groups is 1. The summed E-state index contributed by atoms with van der Waals surface area (Å²) in [6.07, 6.45) is 1.79. The van der Waals surface area contributed by atoms with Gasteiger partial charge in [-0.1, -0.05) is 39.8 Å². The minimum Gasteiger partial charge on any atom is -0.507 e. The number of aliphatic hydroxyl groups excluding tert-OH is 1. The highest BCUT2D eigenvalue weighted by Crippen LogP contribution is 2.40. The lowest BCUT2D eigenvalue weighted by Gasteiger charge is -2.28. The van der Waals surface area contributed by atoms with E-state index >= 15 is 0 Å². The largest absolute Gasteiger partial charge is 0.507 e. The first-order valence-corrected chi connectivity index (χ1v) is 12.9. The fourth-order valence-corrected chi connectivity index (χ4v) is 4.30. The van der Waals surface area contributed by atoms with Crippen LogP contribution in [0, 0.1) is 0 Å². The van der Waals surface area contributed by atoms with Gasteiger partial charge in [0.2, 0.25) is 0 Å². The Balaban J connectivity index is 2.01. The minimum atomic E-state index is -0.684. The van der Waals surface area contributed by atoms with Gasteiger partial charge >= 0.3 is 0 Å². The number of ether oxygens (including phenoxy) is 2. The number of ketones is 1. The lowest BCUT2D eigenvalue weighted by molar-refractivity contribution is -0.140. The summed E-state index contributed by atoms with van der Waals surface area (Å²) in [6, 6.07) is 13.7. The highest BCUT2D eigenvalue weighted by molar-refractivity contribution is 6.46. The third-order valence-electron chi connectivity index (χ3n) is 6.36. The van der Waals surface area contributed by atoms with Crippen LogP contribution in [-0.2, 0) is 9.59 Å². The molecule has 2 aromatic rings. The van der Waals surface area contributed by atoms with E-state index in [0.29, 0.717) is 37.6 Å². The van der Waals surface area contributed by atoms with Gasteiger partial charge < -0.3 is 24.4 Å². The van der Waals surface area contributed by atoms with Crippen molar-refractivity contribution in [1.29, 1.82) is 0 Å². The van der Waals surface area contributed by atoms with Crippen LogP contribution in [0.4, 0.5) is 0 Å². The molecular formula is C29H38N2O5. The zero-order valence-corrected chi connectivity index (χ0v) is 21.8. The van der Waals surface area contributed by atoms with Crippen LogP contribution in [0.25, 0.3) is 5.76 Å². The van der Waals surface area contributed by atoms with Crippen LogP contribution in [0.3, 0.4) is 0 Å². The molecule has 0 radical (unpaired) electrons. The molecule has 0 spiro atoms. The lowest BCUT2D eigenvalue weighted by atomic mass is 9.95. The van der Waals surface area contributed by atoms with Crippen LogP contribution in [0.5, 0.6) is 11.5 Å². The molecule has 3 rings (SSSR count). The molecular weight excluding hydrogens is 456 g/mol. The second kappa shape index (κ2) is 13.1. The second-order valence-corrected chi connectivity index (χ2v) is 8.81. The van der Waals surface area contributed by atoms with E-state index in [4.69, 9.17) is 9.47 Å². The highest BCUT2D eigenvalue weighted by atomic mass is 16.5. The van der Waals surface area contributed by atoms with Crippen molar-refractivity contribution < 1.29 is 24.2 Å². The molecule has 7 heteroatoms. The van der Waals surface area contributed by atoms with Crippen molar-refractivity contribution in [2.45, 2.75) is 46.6 Å². The van der Waals surface area contributed by atoms with Crippen LogP contribution >= 0.6 is 0 Å². The molecule has 0 aliphatic carbocycles. The first-order valence-electron chi connectivity index (χ1n) is 12.9. The average Bonchev–Trinajstić information content (AvgIpc) is 3.16. The summed E-state index contributed by atoms with van der Waals surface area (Å²) in [5.41, 5.74) is 1.32. The first kappa shape index (κ1) is 27.3. The third kappa shape index (κ3) is 6.26. The number of amides is 1. The molecule has 1 amide bonds. The van der Waals surface area contributed by atoms with Crippen LogP contribution in [-0.4, -0.2) is 66.0 Å². The second-order valence-electron chi connectivity index (χ2n) is 8.81. The van der Waals surface area contributed by atoms with Crippen molar-refractivity contribution in [3.8, 4) is 11.5 Å². The van der Waals surface area contributed by atoms with Gasteiger partial charge in [0.15, 0.2) is 0 Å². The molecule has 1 aliphatic heterocycles. The van der Waals surface area contributed by atoms with Crippen LogP contribution in [0.1, 0.15) is 57.7 Å². The molecule has 1 N–H and O–H groups in total. The average molecular weight is 495 g/mol. The highest BCUT2D eigenvalue weighted by Gasteiger charge is 2.46. The van der Waals surface area contributed by atoms with E-state index in [1.54, 1.807) is 29.2 Å². The molecule has 0 saturated carbocycles. The normalized spacial score (nSPS) is 17.1. The summed E-state index contributed by atoms with van der Waals surface area (Å²) >= 11 is 0. The SMILES string of the molecule is CCCOc1ccc(C(O)=C2C(=O)C(=O)N(CCN(CC)CC)[C@@H]2c2ccc(OCCC)cc2)cc1. The number of carbonyl (C=O) groups excluding carboxylic acids is 2. The first-order chi connectivity index (χ1) is 17.4. The summed E-state index contributed by atoms with van der Waals surface area (Å²) in [6.45, 7) is 12.1. The molecule has 1 saturated heterocycles. The summed E-state index contributed by atoms with van der Waals surface area (Å²) in [5.74, 6) is -0.0368. The van der Waals surface area contributed by atoms with E-state index in [2.05, 4.69) is 18.7 Å². The Bertz CT molecular complexity index is 1040. The van der Waals surface area contributed by atoms with Gasteiger partial charge in [-0.3, -0.25) is 9.59 Å². The minimum absolute atomic E-state index is 0.101. The predicted molar refractivity (Wildman–Crippen MR) is 141 cm³/mol. The van der Waals surface area contributed by atoms with Gasteiger partial charge in [-0.05, 0) is 67.9 Å². The zero-order valence-electron chi connectivity index (χ0n) is 21.8. The number of likely N-dealkylation sites (tertiary alicyclic amines) is 1. The van der Waals surface area contributed by atoms with Gasteiger partial charge in [-0.2, -0.15) is 0 Å². The van der Waals surface area contributed by atoms with E-state index in [0.717, 1.165) is 37.2 Å². The quantitative estimate of drug-likeness (QED) is 0.239. The molecule has 1 fully saturated rings. The molecule has 0 aromatic heterocycles. The lowest BCUT2D eigenvalue weighted by Crippen LogP contribution is -2.38. The topological polar surface area (TPSA) is 79.3 Å². The summed E-state index contributed by atoms with van der Waals surface area (Å²) < 4.78 is 11.3. The molecule has 36 heavy (non-hydrogen) atoms. The van der Waals surface area contributed by atoms with Gasteiger partial charge in [-0.15, -0.1) is 0 Å². The molecule has 1 aliphatic rings. The van der Waals surface area contributed by atoms with Crippen molar-refractivity contribution >= 4 is 17.4 Å². The number of likely N-dealkylation sites (N-methyl/N-ethyl adjacent to an activating group) is 1. The standard InChI is InChI=1S/C29H38N2O5/c1-5-19-35-23-13-9-21(10-14-23)26-25(27(32)22-11-15-24(16-12-22)36-20-6-2)28(33)29(34)31(26)18-17-30(7-3)8-4/h9-16,26,32H,5-8,17-20H2,1-4H3/t26-/m1/s1. The maximum Gasteiger partial charge on any atom is 0.295 e. The summed E-state index contributed by atoms with van der Waals surface area (Å²) in [4.78, 5) is 30.2. The third-order valence-corrected chi connectivity index (χ3v) is 6.36. The van der Waals surface area contributed by atoms with E-state index in [1.165, 1.54) is 0 Å². The van der Waals surface area contributed by atoms with Crippen molar-refractivity contribution in [1.82, 2.24) is 9.80 Å². The van der Waals surface area contributed by atoms with Crippen LogP contribution in [0.15, 0.2) is 54.1 Å². The maximum atomic E-state index is 13.2. The number of hydrogen-bond acceptors (Lipinski definition) is 6. The smallest absolute Gasteiger partial charge is 0.295 e. The van der Waals surface area contributed by atoms with E-state index in [9.17, 15) is 14.7 Å². The van der Waals surface area contributed by atoms with Gasteiger partial charge in [-0.25, -0.2) is 0 Å². The summed E-state index contributed by atoms with van der Waals surface area (Å²) in [5, 5.41) is 11.3. The molecule has 1 heterocycles. The number of hydrogen-bond donors (Lipinski definition) is 1. The van der Waals surface area contributed by atoms with E-state index in [-0.39, 0.29) is 11.3 Å². The van der Waals surface area contributed by atoms with Crippen molar-refractivity contribution in [3.63, 3.8) is 0 Å². The van der Waals surface area contributed by atoms with Crippen LogP contribution < -0.4 is 9.47 Å². The Morgan fingerprint density at radius 1 is 0.861 bits per heavy atom. The molecule has 7 nitrogen and oxygen atoms in total. The Kier molecular flexibility index (Phi) is 9.94. The van der Waals surface area contributed by atoms with Crippen molar-refractivity contribution in [2.75, 3.05) is 39.4 Å². The monoisotopic (exact) mass is 494 g/mol. The predicted octanol–water partition coefficient (Wildman–Crippen LogP) is 5.03. The Morgan fingerprint density at radius 2 is 1.39 bits per heavy atom.